The Morgan fingerprint density at radius 2 is 1.88 bits per heavy atom. The van der Waals surface area contributed by atoms with E-state index >= 15 is 0 Å². The van der Waals surface area contributed by atoms with E-state index in [1.165, 1.54) is 7.11 Å². The number of piperazine rings is 1. The molecule has 4 rings (SSSR count). The molecule has 2 atom stereocenters. The van der Waals surface area contributed by atoms with Crippen molar-refractivity contribution in [1.29, 1.82) is 0 Å². The third-order valence-electron chi connectivity index (χ3n) is 5.91. The van der Waals surface area contributed by atoms with Crippen LogP contribution in [0.25, 0.3) is 0 Å². The SMILES string of the molecule is COc1ccc2c(c1)SC(CC(=O)N1CCN(c3ccccc3)CC1)(C(=O)O)C(O)CO2. The molecule has 0 aromatic heterocycles. The minimum absolute atomic E-state index is 0.215. The fourth-order valence-corrected chi connectivity index (χ4v) is 5.27. The molecule has 9 heteroatoms. The lowest BCUT2D eigenvalue weighted by Gasteiger charge is -2.38. The molecule has 1 fully saturated rings. The van der Waals surface area contributed by atoms with E-state index in [1.807, 2.05) is 30.3 Å². The van der Waals surface area contributed by atoms with Crippen molar-refractivity contribution >= 4 is 29.3 Å². The van der Waals surface area contributed by atoms with Crippen LogP contribution in [0, 0.1) is 0 Å². The summed E-state index contributed by atoms with van der Waals surface area (Å²) < 4.78 is 9.12. The average molecular weight is 459 g/mol. The van der Waals surface area contributed by atoms with E-state index in [1.54, 1.807) is 23.1 Å². The Hall–Kier alpha value is -2.91. The van der Waals surface area contributed by atoms with Gasteiger partial charge >= 0.3 is 5.97 Å². The number of rotatable bonds is 5. The third-order valence-corrected chi connectivity index (χ3v) is 7.40. The molecule has 1 saturated heterocycles. The van der Waals surface area contributed by atoms with Crippen molar-refractivity contribution < 1.29 is 29.3 Å². The number of aliphatic hydroxyl groups excluding tert-OH is 1. The van der Waals surface area contributed by atoms with Crippen LogP contribution >= 0.6 is 11.8 Å². The Bertz CT molecular complexity index is 980. The molecule has 0 spiro atoms. The summed E-state index contributed by atoms with van der Waals surface area (Å²) in [5.74, 6) is -0.538. The Morgan fingerprint density at radius 1 is 1.16 bits per heavy atom. The van der Waals surface area contributed by atoms with Gasteiger partial charge in [-0.15, -0.1) is 0 Å². The van der Waals surface area contributed by atoms with E-state index in [-0.39, 0.29) is 18.9 Å². The van der Waals surface area contributed by atoms with E-state index in [9.17, 15) is 19.8 Å². The summed E-state index contributed by atoms with van der Waals surface area (Å²) in [6.07, 6.45) is -1.70. The third kappa shape index (κ3) is 4.35. The molecule has 170 valence electrons. The predicted molar refractivity (Wildman–Crippen MR) is 121 cm³/mol. The monoisotopic (exact) mass is 458 g/mol. The maximum Gasteiger partial charge on any atom is 0.323 e. The van der Waals surface area contributed by atoms with Crippen molar-refractivity contribution in [2.45, 2.75) is 22.2 Å². The highest BCUT2D eigenvalue weighted by Gasteiger charge is 2.51. The molecule has 0 saturated carbocycles. The molecule has 0 aliphatic carbocycles. The van der Waals surface area contributed by atoms with Gasteiger partial charge in [-0.25, -0.2) is 0 Å². The van der Waals surface area contributed by atoms with E-state index in [0.29, 0.717) is 42.6 Å². The summed E-state index contributed by atoms with van der Waals surface area (Å²) in [6.45, 7) is 2.09. The smallest absolute Gasteiger partial charge is 0.323 e. The topological polar surface area (TPSA) is 99.5 Å². The van der Waals surface area contributed by atoms with E-state index in [0.717, 1.165) is 17.4 Å². The molecule has 2 heterocycles. The standard InChI is InChI=1S/C23H26N2O6S/c1-30-17-7-8-18-19(13-17)32-23(22(28)29,20(26)15-31-18)14-21(27)25-11-9-24(10-12-25)16-5-3-2-4-6-16/h2-8,13,20,26H,9-12,14-15H2,1H3,(H,28,29). The van der Waals surface area contributed by atoms with E-state index in [2.05, 4.69) is 4.90 Å². The summed E-state index contributed by atoms with van der Waals surface area (Å²) in [5, 5.41) is 20.9. The second kappa shape index (κ2) is 9.30. The van der Waals surface area contributed by atoms with Gasteiger partial charge in [0.15, 0.2) is 4.75 Å². The number of carbonyl (C=O) groups excluding carboxylic acids is 1. The van der Waals surface area contributed by atoms with Gasteiger partial charge in [0.05, 0.1) is 18.4 Å². The number of hydrogen-bond donors (Lipinski definition) is 2. The van der Waals surface area contributed by atoms with Gasteiger partial charge < -0.3 is 29.5 Å². The van der Waals surface area contributed by atoms with Crippen LogP contribution in [0.2, 0.25) is 0 Å². The predicted octanol–water partition coefficient (Wildman–Crippen LogP) is 2.10. The number of carbonyl (C=O) groups is 2. The van der Waals surface area contributed by atoms with E-state index < -0.39 is 16.8 Å². The number of carboxylic acid groups (broad SMARTS) is 1. The number of methoxy groups -OCH3 is 1. The number of thioether (sulfide) groups is 1. The minimum atomic E-state index is -1.76. The van der Waals surface area contributed by atoms with Crippen LogP contribution in [0.5, 0.6) is 11.5 Å². The lowest BCUT2D eigenvalue weighted by Crippen LogP contribution is -2.54. The van der Waals surface area contributed by atoms with Crippen LogP contribution in [0.15, 0.2) is 53.4 Å². The number of fused-ring (bicyclic) bond motifs is 1. The number of aliphatic hydroxyl groups is 1. The molecule has 8 nitrogen and oxygen atoms in total. The number of carboxylic acids is 1. The second-order valence-electron chi connectivity index (χ2n) is 7.82. The zero-order valence-electron chi connectivity index (χ0n) is 17.8. The zero-order chi connectivity index (χ0) is 22.7. The van der Waals surface area contributed by atoms with Crippen molar-refractivity contribution in [3.05, 3.63) is 48.5 Å². The number of para-hydroxylation sites is 1. The minimum Gasteiger partial charge on any atom is -0.497 e. The van der Waals surface area contributed by atoms with Gasteiger partial charge in [0, 0.05) is 31.9 Å². The zero-order valence-corrected chi connectivity index (χ0v) is 18.6. The molecule has 2 N–H and O–H groups in total. The van der Waals surface area contributed by atoms with Gasteiger partial charge in [0.2, 0.25) is 5.91 Å². The maximum absolute atomic E-state index is 13.2. The largest absolute Gasteiger partial charge is 0.497 e. The summed E-state index contributed by atoms with van der Waals surface area (Å²) >= 11 is 0.948. The lowest BCUT2D eigenvalue weighted by molar-refractivity contribution is -0.148. The average Bonchev–Trinajstić information content (AvgIpc) is 2.96. The highest BCUT2D eigenvalue weighted by atomic mass is 32.2. The lowest BCUT2D eigenvalue weighted by atomic mass is 9.96. The van der Waals surface area contributed by atoms with Crippen molar-refractivity contribution in [3.8, 4) is 11.5 Å². The number of anilines is 1. The molecular weight excluding hydrogens is 432 g/mol. The number of ether oxygens (including phenoxy) is 2. The van der Waals surface area contributed by atoms with Crippen LogP contribution in [0.4, 0.5) is 5.69 Å². The summed E-state index contributed by atoms with van der Waals surface area (Å²) in [6, 6.07) is 15.0. The molecule has 2 aromatic rings. The number of hydrogen-bond acceptors (Lipinski definition) is 7. The second-order valence-corrected chi connectivity index (χ2v) is 9.19. The maximum atomic E-state index is 13.2. The first-order valence-corrected chi connectivity index (χ1v) is 11.2. The summed E-state index contributed by atoms with van der Waals surface area (Å²) in [5.41, 5.74) is 1.10. The van der Waals surface area contributed by atoms with Crippen LogP contribution in [-0.4, -0.2) is 77.7 Å². The summed E-state index contributed by atoms with van der Waals surface area (Å²) in [7, 11) is 1.52. The molecule has 1 amide bonds. The van der Waals surface area contributed by atoms with Gasteiger partial charge in [-0.3, -0.25) is 9.59 Å². The van der Waals surface area contributed by atoms with Crippen molar-refractivity contribution in [3.63, 3.8) is 0 Å². The van der Waals surface area contributed by atoms with E-state index in [4.69, 9.17) is 9.47 Å². The first kappa shape index (κ1) is 22.3. The number of amides is 1. The Labute approximate surface area is 190 Å². The van der Waals surface area contributed by atoms with Crippen LogP contribution < -0.4 is 14.4 Å². The molecule has 2 aliphatic rings. The number of benzene rings is 2. The highest BCUT2D eigenvalue weighted by molar-refractivity contribution is 8.01. The molecule has 2 aromatic carbocycles. The van der Waals surface area contributed by atoms with Gasteiger partial charge in [-0.2, -0.15) is 0 Å². The fraction of sp³-hybridized carbons (Fsp3) is 0.391. The molecule has 32 heavy (non-hydrogen) atoms. The van der Waals surface area contributed by atoms with Crippen LogP contribution in [-0.2, 0) is 9.59 Å². The van der Waals surface area contributed by atoms with Crippen LogP contribution in [0.3, 0.4) is 0 Å². The fourth-order valence-electron chi connectivity index (χ4n) is 3.99. The van der Waals surface area contributed by atoms with Crippen molar-refractivity contribution in [2.75, 3.05) is 44.8 Å². The Morgan fingerprint density at radius 3 is 2.53 bits per heavy atom. The first-order valence-electron chi connectivity index (χ1n) is 10.4. The quantitative estimate of drug-likeness (QED) is 0.703. The van der Waals surface area contributed by atoms with Gasteiger partial charge in [-0.05, 0) is 30.3 Å². The Balaban J connectivity index is 1.51. The van der Waals surface area contributed by atoms with Crippen LogP contribution in [0.1, 0.15) is 6.42 Å². The highest BCUT2D eigenvalue weighted by Crippen LogP contribution is 2.47. The molecule has 2 aliphatic heterocycles. The summed E-state index contributed by atoms with van der Waals surface area (Å²) in [4.78, 5) is 30.0. The van der Waals surface area contributed by atoms with Crippen molar-refractivity contribution in [1.82, 2.24) is 4.90 Å². The first-order chi connectivity index (χ1) is 15.4. The Kier molecular flexibility index (Phi) is 6.48. The number of aliphatic carboxylic acids is 1. The van der Waals surface area contributed by atoms with Gasteiger partial charge in [0.25, 0.3) is 0 Å². The number of nitrogens with zero attached hydrogens (tertiary/aromatic N) is 2. The molecule has 0 radical (unpaired) electrons. The van der Waals surface area contributed by atoms with Gasteiger partial charge in [0.1, 0.15) is 24.2 Å². The molecule has 0 bridgehead atoms. The van der Waals surface area contributed by atoms with Crippen molar-refractivity contribution in [2.24, 2.45) is 0 Å². The molecule has 2 unspecified atom stereocenters. The normalized spacial score (nSPS) is 23.0. The van der Waals surface area contributed by atoms with Gasteiger partial charge in [-0.1, -0.05) is 30.0 Å². The molecular formula is C23H26N2O6S.